The second-order valence-electron chi connectivity index (χ2n) is 5.48. The summed E-state index contributed by atoms with van der Waals surface area (Å²) in [6.45, 7) is 0.601. The Kier molecular flexibility index (Phi) is 10.0. The van der Waals surface area contributed by atoms with Crippen molar-refractivity contribution < 1.29 is 44.1 Å². The van der Waals surface area contributed by atoms with Gasteiger partial charge in [0.1, 0.15) is 18.1 Å². The smallest absolute Gasteiger partial charge is 0.327 e. The summed E-state index contributed by atoms with van der Waals surface area (Å²) in [6, 6.07) is -4.45. The fourth-order valence-corrected chi connectivity index (χ4v) is 1.93. The molecule has 0 fully saturated rings. The van der Waals surface area contributed by atoms with Crippen LogP contribution in [0.3, 0.4) is 0 Å². The van der Waals surface area contributed by atoms with Gasteiger partial charge in [0, 0.05) is 19.9 Å². The minimum atomic E-state index is -1.51. The minimum Gasteiger partial charge on any atom is -0.481 e. The highest BCUT2D eigenvalue weighted by Crippen LogP contribution is 2.02. The van der Waals surface area contributed by atoms with Gasteiger partial charge in [-0.3, -0.25) is 24.0 Å². The van der Waals surface area contributed by atoms with Gasteiger partial charge in [0.25, 0.3) is 0 Å². The summed E-state index contributed by atoms with van der Waals surface area (Å²) in [5.41, 5.74) is 5.21. The van der Waals surface area contributed by atoms with Crippen molar-refractivity contribution in [3.63, 3.8) is 0 Å². The van der Waals surface area contributed by atoms with Gasteiger partial charge in [-0.25, -0.2) is 4.79 Å². The Hall–Kier alpha value is -3.22. The molecule has 13 heteroatoms. The maximum atomic E-state index is 12.2. The van der Waals surface area contributed by atoms with Crippen molar-refractivity contribution in [2.24, 2.45) is 5.73 Å². The van der Waals surface area contributed by atoms with Gasteiger partial charge in [0.2, 0.25) is 17.7 Å². The van der Waals surface area contributed by atoms with E-state index >= 15 is 0 Å². The lowest BCUT2D eigenvalue weighted by atomic mass is 10.1. The van der Waals surface area contributed by atoms with E-state index in [9.17, 15) is 28.8 Å². The fraction of sp³-hybridized carbons (Fsp3) is 0.571. The second-order valence-corrected chi connectivity index (χ2v) is 5.48. The number of hydrogen-bond acceptors (Lipinski definition) is 7. The molecule has 0 saturated heterocycles. The standard InChI is InChI=1S/C14H22N4O9/c1-6(19)16-8(4-11(22)23)13(25)17-7(2-3-10(20)21)12(24)18-9(5-15)14(26)27/h7-9H,2-5,15H2,1H3,(H,16,19)(H,17,25)(H,18,24)(H,20,21)(H,22,23)(H,26,27)/t7-,8-,9-/m0/s1. The normalized spacial score (nSPS) is 13.6. The number of rotatable bonds is 12. The number of carboxylic acid groups (broad SMARTS) is 3. The molecule has 0 aliphatic heterocycles. The predicted molar refractivity (Wildman–Crippen MR) is 87.3 cm³/mol. The summed E-state index contributed by atoms with van der Waals surface area (Å²) in [5.74, 6) is -6.87. The van der Waals surface area contributed by atoms with E-state index in [1.165, 1.54) is 0 Å². The van der Waals surface area contributed by atoms with Gasteiger partial charge in [-0.2, -0.15) is 0 Å². The maximum Gasteiger partial charge on any atom is 0.327 e. The molecule has 8 N–H and O–H groups in total. The average molecular weight is 390 g/mol. The maximum absolute atomic E-state index is 12.2. The van der Waals surface area contributed by atoms with Crippen molar-refractivity contribution in [3.05, 3.63) is 0 Å². The predicted octanol–water partition coefficient (Wildman–Crippen LogP) is -3.16. The van der Waals surface area contributed by atoms with Crippen LogP contribution in [0.25, 0.3) is 0 Å². The number of nitrogens with one attached hydrogen (secondary N) is 3. The Labute approximate surface area is 153 Å². The molecule has 0 aromatic carbocycles. The van der Waals surface area contributed by atoms with Crippen LogP contribution in [-0.4, -0.2) is 75.6 Å². The lowest BCUT2D eigenvalue weighted by Crippen LogP contribution is -2.57. The van der Waals surface area contributed by atoms with E-state index in [4.69, 9.17) is 21.1 Å². The molecule has 0 radical (unpaired) electrons. The largest absolute Gasteiger partial charge is 0.481 e. The van der Waals surface area contributed by atoms with Crippen LogP contribution in [0.2, 0.25) is 0 Å². The zero-order chi connectivity index (χ0) is 21.1. The summed E-state index contributed by atoms with van der Waals surface area (Å²) >= 11 is 0. The Bertz CT molecular complexity index is 591. The van der Waals surface area contributed by atoms with Crippen LogP contribution in [0.1, 0.15) is 26.2 Å². The third-order valence-corrected chi connectivity index (χ3v) is 3.20. The van der Waals surface area contributed by atoms with E-state index < -0.39 is 79.6 Å². The molecule has 3 atom stereocenters. The lowest BCUT2D eigenvalue weighted by molar-refractivity contribution is -0.143. The van der Waals surface area contributed by atoms with Crippen LogP contribution in [0, 0.1) is 0 Å². The summed E-state index contributed by atoms with van der Waals surface area (Å²) < 4.78 is 0. The number of carbonyl (C=O) groups is 6. The number of amides is 3. The molecule has 0 unspecified atom stereocenters. The highest BCUT2D eigenvalue weighted by molar-refractivity contribution is 5.94. The number of hydrogen-bond donors (Lipinski definition) is 7. The van der Waals surface area contributed by atoms with E-state index in [2.05, 4.69) is 10.6 Å². The van der Waals surface area contributed by atoms with Gasteiger partial charge in [-0.15, -0.1) is 0 Å². The van der Waals surface area contributed by atoms with Gasteiger partial charge in [0.15, 0.2) is 0 Å². The molecule has 152 valence electrons. The van der Waals surface area contributed by atoms with Crippen molar-refractivity contribution in [2.75, 3.05) is 6.54 Å². The third-order valence-electron chi connectivity index (χ3n) is 3.20. The Morgan fingerprint density at radius 3 is 1.74 bits per heavy atom. The molecule has 3 amide bonds. The number of carboxylic acids is 3. The van der Waals surface area contributed by atoms with E-state index in [0.29, 0.717) is 0 Å². The van der Waals surface area contributed by atoms with Crippen LogP contribution in [0.15, 0.2) is 0 Å². The van der Waals surface area contributed by atoms with Gasteiger partial charge >= 0.3 is 17.9 Å². The molecule has 0 aromatic rings. The first-order valence-corrected chi connectivity index (χ1v) is 7.72. The molecule has 27 heavy (non-hydrogen) atoms. The minimum absolute atomic E-state index is 0.399. The first-order valence-electron chi connectivity index (χ1n) is 7.72. The number of nitrogens with two attached hydrogens (primary N) is 1. The third kappa shape index (κ3) is 9.74. The van der Waals surface area contributed by atoms with Crippen molar-refractivity contribution in [3.8, 4) is 0 Å². The molecular formula is C14H22N4O9. The van der Waals surface area contributed by atoms with Crippen LogP contribution < -0.4 is 21.7 Å². The molecule has 0 aliphatic rings. The first-order chi connectivity index (χ1) is 12.5. The molecule has 13 nitrogen and oxygen atoms in total. The average Bonchev–Trinajstić information content (AvgIpc) is 2.53. The van der Waals surface area contributed by atoms with E-state index in [1.807, 2.05) is 5.32 Å². The molecule has 0 aliphatic carbocycles. The SMILES string of the molecule is CC(=O)N[C@@H](CC(=O)O)C(=O)N[C@@H](CCC(=O)O)C(=O)N[C@@H](CN)C(=O)O. The zero-order valence-electron chi connectivity index (χ0n) is 14.4. The van der Waals surface area contributed by atoms with Crippen molar-refractivity contribution in [1.82, 2.24) is 16.0 Å². The lowest BCUT2D eigenvalue weighted by Gasteiger charge is -2.23. The second kappa shape index (κ2) is 11.4. The van der Waals surface area contributed by atoms with Crippen LogP contribution >= 0.6 is 0 Å². The summed E-state index contributed by atoms with van der Waals surface area (Å²) in [7, 11) is 0. The topological polar surface area (TPSA) is 225 Å². The highest BCUT2D eigenvalue weighted by atomic mass is 16.4. The summed E-state index contributed by atoms with van der Waals surface area (Å²) in [4.78, 5) is 68.0. The quantitative estimate of drug-likeness (QED) is 0.177. The van der Waals surface area contributed by atoms with Gasteiger partial charge < -0.3 is 37.0 Å². The van der Waals surface area contributed by atoms with Crippen LogP contribution in [0.4, 0.5) is 0 Å². The highest BCUT2D eigenvalue weighted by Gasteiger charge is 2.30. The Morgan fingerprint density at radius 1 is 0.815 bits per heavy atom. The fourth-order valence-electron chi connectivity index (χ4n) is 1.93. The van der Waals surface area contributed by atoms with Crippen molar-refractivity contribution in [1.29, 1.82) is 0 Å². The number of carbonyl (C=O) groups excluding carboxylic acids is 3. The van der Waals surface area contributed by atoms with Crippen molar-refractivity contribution in [2.45, 2.75) is 44.3 Å². The Morgan fingerprint density at radius 2 is 1.33 bits per heavy atom. The molecule has 0 saturated carbocycles. The molecule has 0 rings (SSSR count). The Balaban J connectivity index is 5.30. The van der Waals surface area contributed by atoms with Crippen LogP contribution in [0.5, 0.6) is 0 Å². The molecule has 0 heterocycles. The van der Waals surface area contributed by atoms with Gasteiger partial charge in [-0.1, -0.05) is 0 Å². The van der Waals surface area contributed by atoms with Gasteiger partial charge in [0.05, 0.1) is 6.42 Å². The summed E-state index contributed by atoms with van der Waals surface area (Å²) in [5, 5.41) is 32.7. The van der Waals surface area contributed by atoms with E-state index in [0.717, 1.165) is 6.92 Å². The molecule has 0 aromatic heterocycles. The van der Waals surface area contributed by atoms with Crippen LogP contribution in [-0.2, 0) is 28.8 Å². The van der Waals surface area contributed by atoms with E-state index in [1.54, 1.807) is 0 Å². The molecular weight excluding hydrogens is 368 g/mol. The van der Waals surface area contributed by atoms with E-state index in [-0.39, 0.29) is 0 Å². The summed E-state index contributed by atoms with van der Waals surface area (Å²) in [6.07, 6.45) is -1.72. The molecule has 0 spiro atoms. The monoisotopic (exact) mass is 390 g/mol. The first kappa shape index (κ1) is 23.8. The van der Waals surface area contributed by atoms with Gasteiger partial charge in [-0.05, 0) is 6.42 Å². The molecule has 0 bridgehead atoms. The van der Waals surface area contributed by atoms with Crippen molar-refractivity contribution >= 4 is 35.6 Å². The zero-order valence-corrected chi connectivity index (χ0v) is 14.4. The number of aliphatic carboxylic acids is 3.